The first kappa shape index (κ1) is 7.35. The van der Waals surface area contributed by atoms with Gasteiger partial charge in [-0.2, -0.15) is 0 Å². The molecule has 1 aromatic carbocycles. The molecule has 56 valence electrons. The van der Waals surface area contributed by atoms with E-state index in [-0.39, 0.29) is 0 Å². The Morgan fingerprint density at radius 3 is 2.83 bits per heavy atom. The van der Waals surface area contributed by atoms with Crippen molar-refractivity contribution in [2.75, 3.05) is 0 Å². The van der Waals surface area contributed by atoms with Crippen molar-refractivity contribution in [1.29, 1.82) is 0 Å². The maximum atomic E-state index is 5.82. The summed E-state index contributed by atoms with van der Waals surface area (Å²) >= 11 is 0. The summed E-state index contributed by atoms with van der Waals surface area (Å²) < 4.78 is 0. The van der Waals surface area contributed by atoms with Gasteiger partial charge >= 0.3 is 0 Å². The van der Waals surface area contributed by atoms with Gasteiger partial charge < -0.3 is 0 Å². The molecule has 1 aromatic heterocycles. The Kier molecular flexibility index (Phi) is 1.61. The predicted molar refractivity (Wildman–Crippen MR) is 51.9 cm³/mol. The van der Waals surface area contributed by atoms with Gasteiger partial charge in [-0.05, 0) is 24.4 Å². The van der Waals surface area contributed by atoms with E-state index in [1.54, 1.807) is 0 Å². The lowest BCUT2D eigenvalue weighted by Gasteiger charge is -2.02. The van der Waals surface area contributed by atoms with Crippen LogP contribution < -0.4 is 5.46 Å². The summed E-state index contributed by atoms with van der Waals surface area (Å²) in [4.78, 5) is 4.36. The second-order valence-electron chi connectivity index (χ2n) is 2.87. The van der Waals surface area contributed by atoms with Crippen molar-refractivity contribution >= 4 is 24.2 Å². The monoisotopic (exact) mass is 153 g/mol. The molecule has 0 spiro atoms. The number of nitrogens with zero attached hydrogens (tertiary/aromatic N) is 1. The fraction of sp³-hybridized carbons (Fsp3) is 0.100. The molecule has 0 unspecified atom stereocenters. The van der Waals surface area contributed by atoms with Crippen LogP contribution in [0.2, 0.25) is 0 Å². The molecule has 0 aliphatic rings. The zero-order valence-corrected chi connectivity index (χ0v) is 6.91. The van der Waals surface area contributed by atoms with E-state index in [1.165, 1.54) is 0 Å². The Morgan fingerprint density at radius 1 is 1.25 bits per heavy atom. The van der Waals surface area contributed by atoms with E-state index >= 15 is 0 Å². The van der Waals surface area contributed by atoms with Crippen molar-refractivity contribution in [2.24, 2.45) is 0 Å². The highest BCUT2D eigenvalue weighted by Crippen LogP contribution is 2.08. The number of rotatable bonds is 0. The van der Waals surface area contributed by atoms with Crippen molar-refractivity contribution in [3.63, 3.8) is 0 Å². The van der Waals surface area contributed by atoms with E-state index in [9.17, 15) is 0 Å². The molecule has 0 aliphatic heterocycles. The minimum Gasteiger partial charge on any atom is -0.253 e. The molecule has 0 bridgehead atoms. The largest absolute Gasteiger partial charge is 0.253 e. The number of fused-ring (bicyclic) bond motifs is 1. The summed E-state index contributed by atoms with van der Waals surface area (Å²) in [6, 6.07) is 9.78. The molecule has 2 heteroatoms. The first-order valence-corrected chi connectivity index (χ1v) is 3.89. The molecule has 0 aliphatic carbocycles. The van der Waals surface area contributed by atoms with Gasteiger partial charge in [-0.15, -0.1) is 0 Å². The summed E-state index contributed by atoms with van der Waals surface area (Å²) in [7, 11) is 5.82. The molecule has 0 atom stereocenters. The van der Waals surface area contributed by atoms with Crippen molar-refractivity contribution < 1.29 is 0 Å². The van der Waals surface area contributed by atoms with Gasteiger partial charge in [-0.3, -0.25) is 4.98 Å². The van der Waals surface area contributed by atoms with Crippen LogP contribution in [0, 0.1) is 6.92 Å². The lowest BCUT2D eigenvalue weighted by molar-refractivity contribution is 1.26. The fourth-order valence-electron chi connectivity index (χ4n) is 1.34. The molecule has 2 radical (unpaired) electrons. The third-order valence-corrected chi connectivity index (χ3v) is 1.88. The van der Waals surface area contributed by atoms with E-state index in [2.05, 4.69) is 4.98 Å². The highest BCUT2D eigenvalue weighted by atomic mass is 14.7. The van der Waals surface area contributed by atoms with Crippen LogP contribution in [0.1, 0.15) is 5.69 Å². The topological polar surface area (TPSA) is 12.9 Å². The number of hydrogen-bond donors (Lipinski definition) is 0. The van der Waals surface area contributed by atoms with E-state index in [1.807, 2.05) is 37.3 Å². The summed E-state index contributed by atoms with van der Waals surface area (Å²) in [5.74, 6) is 0. The maximum absolute atomic E-state index is 5.82. The van der Waals surface area contributed by atoms with Crippen LogP contribution in [-0.4, -0.2) is 12.8 Å². The quantitative estimate of drug-likeness (QED) is 0.520. The zero-order valence-electron chi connectivity index (χ0n) is 6.91. The van der Waals surface area contributed by atoms with E-state index in [0.717, 1.165) is 22.1 Å². The average Bonchev–Trinajstić information content (AvgIpc) is 2.04. The maximum Gasteiger partial charge on any atom is 0.114 e. The second kappa shape index (κ2) is 2.63. The molecular formula is C10H8BN. The van der Waals surface area contributed by atoms with Gasteiger partial charge in [0.2, 0.25) is 0 Å². The number of pyridine rings is 1. The lowest BCUT2D eigenvalue weighted by Crippen LogP contribution is -2.05. The Hall–Kier alpha value is -1.31. The molecule has 0 saturated heterocycles. The molecule has 0 amide bonds. The van der Waals surface area contributed by atoms with Crippen LogP contribution in [-0.2, 0) is 0 Å². The van der Waals surface area contributed by atoms with E-state index < -0.39 is 0 Å². The van der Waals surface area contributed by atoms with Crippen LogP contribution in [0.3, 0.4) is 0 Å². The number of hydrogen-bond acceptors (Lipinski definition) is 1. The van der Waals surface area contributed by atoms with E-state index in [0.29, 0.717) is 0 Å². The van der Waals surface area contributed by atoms with Crippen molar-refractivity contribution in [1.82, 2.24) is 4.98 Å². The Balaban J connectivity index is 2.89. The summed E-state index contributed by atoms with van der Waals surface area (Å²) in [6.07, 6.45) is 0. The normalized spacial score (nSPS) is 10.4. The minimum atomic E-state index is 0.804. The van der Waals surface area contributed by atoms with Gasteiger partial charge in [0, 0.05) is 5.69 Å². The second-order valence-corrected chi connectivity index (χ2v) is 2.87. The molecule has 1 heterocycles. The Morgan fingerprint density at radius 2 is 2.00 bits per heavy atom. The summed E-state index contributed by atoms with van der Waals surface area (Å²) in [6.45, 7) is 1.95. The molecule has 2 rings (SSSR count). The molecule has 1 nitrogen and oxygen atoms in total. The number of aromatic nitrogens is 1. The van der Waals surface area contributed by atoms with Crippen molar-refractivity contribution in [3.05, 3.63) is 36.0 Å². The van der Waals surface area contributed by atoms with Gasteiger partial charge in [-0.1, -0.05) is 23.7 Å². The molecule has 0 saturated carbocycles. The number of benzene rings is 1. The number of aryl methyl sites for hydroxylation is 1. The van der Waals surface area contributed by atoms with Crippen LogP contribution in [0.25, 0.3) is 10.9 Å². The van der Waals surface area contributed by atoms with Gasteiger partial charge in [0.25, 0.3) is 0 Å². The third kappa shape index (κ3) is 1.09. The Bertz CT molecular complexity index is 423. The standard InChI is InChI=1S/C10H8BN/c1-7-6-9(11)8-4-2-3-5-10(8)12-7/h2-6H,1H3. The molecule has 0 N–H and O–H groups in total. The first-order chi connectivity index (χ1) is 5.77. The average molecular weight is 153 g/mol. The molecule has 2 aromatic rings. The Labute approximate surface area is 72.8 Å². The van der Waals surface area contributed by atoms with Crippen LogP contribution >= 0.6 is 0 Å². The summed E-state index contributed by atoms with van der Waals surface area (Å²) in [5.41, 5.74) is 2.74. The van der Waals surface area contributed by atoms with Crippen LogP contribution in [0.4, 0.5) is 0 Å². The zero-order chi connectivity index (χ0) is 8.55. The highest BCUT2D eigenvalue weighted by molar-refractivity contribution is 6.38. The summed E-state index contributed by atoms with van der Waals surface area (Å²) in [5, 5.41) is 1.03. The highest BCUT2D eigenvalue weighted by Gasteiger charge is 1.96. The molecule has 0 fully saturated rings. The third-order valence-electron chi connectivity index (χ3n) is 1.88. The smallest absolute Gasteiger partial charge is 0.114 e. The first-order valence-electron chi connectivity index (χ1n) is 3.89. The fourth-order valence-corrected chi connectivity index (χ4v) is 1.34. The van der Waals surface area contributed by atoms with Crippen LogP contribution in [0.5, 0.6) is 0 Å². The van der Waals surface area contributed by atoms with Gasteiger partial charge in [0.15, 0.2) is 0 Å². The van der Waals surface area contributed by atoms with Crippen molar-refractivity contribution in [2.45, 2.75) is 6.92 Å². The SMILES string of the molecule is [B]c1cc(C)nc2ccccc12. The molecule has 12 heavy (non-hydrogen) atoms. The lowest BCUT2D eigenvalue weighted by atomic mass is 9.92. The minimum absolute atomic E-state index is 0.804. The predicted octanol–water partition coefficient (Wildman–Crippen LogP) is 1.34. The number of para-hydroxylation sites is 1. The van der Waals surface area contributed by atoms with Crippen LogP contribution in [0.15, 0.2) is 30.3 Å². The van der Waals surface area contributed by atoms with Gasteiger partial charge in [0.1, 0.15) is 7.85 Å². The van der Waals surface area contributed by atoms with E-state index in [4.69, 9.17) is 7.85 Å². The molecular weight excluding hydrogens is 145 g/mol. The van der Waals surface area contributed by atoms with Crippen molar-refractivity contribution in [3.8, 4) is 0 Å². The van der Waals surface area contributed by atoms with Gasteiger partial charge in [-0.25, -0.2) is 0 Å². The van der Waals surface area contributed by atoms with Gasteiger partial charge in [0.05, 0.1) is 5.52 Å².